The van der Waals surface area contributed by atoms with Crippen molar-refractivity contribution in [2.24, 2.45) is 0 Å². The van der Waals surface area contributed by atoms with Crippen LogP contribution in [0.25, 0.3) is 5.69 Å². The van der Waals surface area contributed by atoms with Gasteiger partial charge in [-0.05, 0) is 31.5 Å². The van der Waals surface area contributed by atoms with Crippen molar-refractivity contribution >= 4 is 27.8 Å². The van der Waals surface area contributed by atoms with E-state index in [2.05, 4.69) is 31.6 Å². The number of nitrogens with one attached hydrogen (secondary N) is 1. The lowest BCUT2D eigenvalue weighted by molar-refractivity contribution is -0.137. The number of amides is 1. The van der Waals surface area contributed by atoms with Crippen LogP contribution in [0.1, 0.15) is 29.0 Å². The van der Waals surface area contributed by atoms with E-state index < -0.39 is 5.97 Å². The second-order valence-corrected chi connectivity index (χ2v) is 5.58. The Morgan fingerprint density at radius 3 is 2.86 bits per heavy atom. The number of carboxylic acid groups (broad SMARTS) is 1. The summed E-state index contributed by atoms with van der Waals surface area (Å²) >= 11 is 3.38. The van der Waals surface area contributed by atoms with E-state index in [9.17, 15) is 9.59 Å². The standard InChI is InChI=1S/C14H15BrN4O3/c1-9-13(14(22)16-7-3-6-12(20)21)17-18-19(9)11-5-2-4-10(15)8-11/h2,4-5,8H,3,6-7H2,1H3,(H,16,22)(H,20,21). The highest BCUT2D eigenvalue weighted by Gasteiger charge is 2.17. The molecule has 1 heterocycles. The molecule has 0 atom stereocenters. The first-order valence-electron chi connectivity index (χ1n) is 6.67. The van der Waals surface area contributed by atoms with Gasteiger partial charge in [-0.1, -0.05) is 27.2 Å². The Hall–Kier alpha value is -2.22. The zero-order valence-electron chi connectivity index (χ0n) is 11.9. The number of carbonyl (C=O) groups is 2. The van der Waals surface area contributed by atoms with Crippen molar-refractivity contribution in [3.63, 3.8) is 0 Å². The van der Waals surface area contributed by atoms with Gasteiger partial charge in [0.2, 0.25) is 0 Å². The Bertz CT molecular complexity index is 699. The van der Waals surface area contributed by atoms with E-state index in [1.165, 1.54) is 0 Å². The highest BCUT2D eigenvalue weighted by molar-refractivity contribution is 9.10. The lowest BCUT2D eigenvalue weighted by Gasteiger charge is -2.05. The number of aromatic nitrogens is 3. The largest absolute Gasteiger partial charge is 0.481 e. The number of benzene rings is 1. The van der Waals surface area contributed by atoms with E-state index in [-0.39, 0.29) is 24.6 Å². The summed E-state index contributed by atoms with van der Waals surface area (Å²) in [7, 11) is 0. The van der Waals surface area contributed by atoms with Crippen LogP contribution in [-0.2, 0) is 4.79 Å². The monoisotopic (exact) mass is 366 g/mol. The molecule has 22 heavy (non-hydrogen) atoms. The molecule has 0 bridgehead atoms. The van der Waals surface area contributed by atoms with Crippen LogP contribution in [0.5, 0.6) is 0 Å². The van der Waals surface area contributed by atoms with Crippen LogP contribution in [0, 0.1) is 6.92 Å². The fraction of sp³-hybridized carbons (Fsp3) is 0.286. The van der Waals surface area contributed by atoms with Gasteiger partial charge >= 0.3 is 5.97 Å². The van der Waals surface area contributed by atoms with Crippen LogP contribution < -0.4 is 5.32 Å². The predicted molar refractivity (Wildman–Crippen MR) is 83.0 cm³/mol. The first-order chi connectivity index (χ1) is 10.5. The van der Waals surface area contributed by atoms with E-state index in [0.29, 0.717) is 12.1 Å². The Morgan fingerprint density at radius 1 is 1.41 bits per heavy atom. The number of carbonyl (C=O) groups excluding carboxylic acids is 1. The average molecular weight is 367 g/mol. The lowest BCUT2D eigenvalue weighted by Crippen LogP contribution is -2.26. The predicted octanol–water partition coefficient (Wildman–Crippen LogP) is 1.93. The molecule has 2 rings (SSSR count). The molecule has 1 amide bonds. The third kappa shape index (κ3) is 3.91. The summed E-state index contributed by atoms with van der Waals surface area (Å²) in [6.07, 6.45) is 0.393. The van der Waals surface area contributed by atoms with E-state index in [1.54, 1.807) is 11.6 Å². The summed E-state index contributed by atoms with van der Waals surface area (Å²) in [6.45, 7) is 2.04. The Morgan fingerprint density at radius 2 is 2.18 bits per heavy atom. The fourth-order valence-electron chi connectivity index (χ4n) is 1.92. The molecule has 0 saturated carbocycles. The summed E-state index contributed by atoms with van der Waals surface area (Å²) < 4.78 is 2.48. The number of aliphatic carboxylic acids is 1. The Kier molecular flexibility index (Phi) is 5.26. The Balaban J connectivity index is 2.07. The van der Waals surface area contributed by atoms with Crippen LogP contribution in [0.2, 0.25) is 0 Å². The lowest BCUT2D eigenvalue weighted by atomic mass is 10.2. The summed E-state index contributed by atoms with van der Waals surface area (Å²) in [5, 5.41) is 19.1. The highest BCUT2D eigenvalue weighted by atomic mass is 79.9. The second kappa shape index (κ2) is 7.17. The smallest absolute Gasteiger partial charge is 0.303 e. The van der Waals surface area contributed by atoms with Gasteiger partial charge < -0.3 is 10.4 Å². The number of hydrogen-bond acceptors (Lipinski definition) is 4. The van der Waals surface area contributed by atoms with Gasteiger partial charge in [0.05, 0.1) is 11.4 Å². The van der Waals surface area contributed by atoms with Crippen LogP contribution in [0.4, 0.5) is 0 Å². The summed E-state index contributed by atoms with van der Waals surface area (Å²) in [5.74, 6) is -1.24. The van der Waals surface area contributed by atoms with Gasteiger partial charge in [0, 0.05) is 17.4 Å². The molecular weight excluding hydrogens is 352 g/mol. The van der Waals surface area contributed by atoms with Crippen molar-refractivity contribution in [2.45, 2.75) is 19.8 Å². The molecule has 8 heteroatoms. The van der Waals surface area contributed by atoms with Crippen LogP contribution in [-0.4, -0.2) is 38.5 Å². The number of rotatable bonds is 6. The van der Waals surface area contributed by atoms with Crippen LogP contribution >= 0.6 is 15.9 Å². The first-order valence-corrected chi connectivity index (χ1v) is 7.46. The average Bonchev–Trinajstić information content (AvgIpc) is 2.85. The molecule has 0 aliphatic rings. The van der Waals surface area contributed by atoms with Gasteiger partial charge in [0.25, 0.3) is 5.91 Å². The maximum Gasteiger partial charge on any atom is 0.303 e. The van der Waals surface area contributed by atoms with E-state index in [4.69, 9.17) is 5.11 Å². The number of nitrogens with zero attached hydrogens (tertiary/aromatic N) is 3. The molecule has 0 unspecified atom stereocenters. The van der Waals surface area contributed by atoms with E-state index in [0.717, 1.165) is 10.2 Å². The molecule has 0 fully saturated rings. The van der Waals surface area contributed by atoms with Crippen molar-refractivity contribution in [1.82, 2.24) is 20.3 Å². The molecule has 0 saturated heterocycles. The molecule has 1 aromatic heterocycles. The molecule has 116 valence electrons. The van der Waals surface area contributed by atoms with Gasteiger partial charge in [0.1, 0.15) is 0 Å². The van der Waals surface area contributed by atoms with Gasteiger partial charge in [0.15, 0.2) is 5.69 Å². The zero-order valence-corrected chi connectivity index (χ0v) is 13.5. The number of halogens is 1. The third-order valence-corrected chi connectivity index (χ3v) is 3.51. The fourth-order valence-corrected chi connectivity index (χ4v) is 2.30. The molecule has 1 aromatic carbocycles. The Labute approximate surface area is 135 Å². The van der Waals surface area contributed by atoms with Crippen molar-refractivity contribution in [3.8, 4) is 5.69 Å². The van der Waals surface area contributed by atoms with Crippen molar-refractivity contribution in [2.75, 3.05) is 6.54 Å². The molecule has 7 nitrogen and oxygen atoms in total. The molecule has 0 spiro atoms. The molecule has 2 aromatic rings. The minimum atomic E-state index is -0.883. The molecule has 0 aliphatic carbocycles. The van der Waals surface area contributed by atoms with Crippen molar-refractivity contribution in [3.05, 3.63) is 40.1 Å². The van der Waals surface area contributed by atoms with Gasteiger partial charge in [-0.3, -0.25) is 9.59 Å². The maximum atomic E-state index is 12.0. The summed E-state index contributed by atoms with van der Waals surface area (Å²) in [5.41, 5.74) is 1.65. The van der Waals surface area contributed by atoms with E-state index >= 15 is 0 Å². The summed E-state index contributed by atoms with van der Waals surface area (Å²) in [4.78, 5) is 22.5. The minimum Gasteiger partial charge on any atom is -0.481 e. The van der Waals surface area contributed by atoms with E-state index in [1.807, 2.05) is 24.3 Å². The second-order valence-electron chi connectivity index (χ2n) is 4.67. The zero-order chi connectivity index (χ0) is 16.1. The quantitative estimate of drug-likeness (QED) is 0.761. The minimum absolute atomic E-state index is 0.0179. The topological polar surface area (TPSA) is 97.1 Å². The SMILES string of the molecule is Cc1c(C(=O)NCCCC(=O)O)nnn1-c1cccc(Br)c1. The molecule has 2 N–H and O–H groups in total. The van der Waals surface area contributed by atoms with Gasteiger partial charge in [-0.25, -0.2) is 4.68 Å². The molecule has 0 radical (unpaired) electrons. The third-order valence-electron chi connectivity index (χ3n) is 3.02. The molecular formula is C14H15BrN4O3. The van der Waals surface area contributed by atoms with Gasteiger partial charge in [-0.2, -0.15) is 0 Å². The normalized spacial score (nSPS) is 10.5. The number of carboxylic acids is 1. The van der Waals surface area contributed by atoms with Crippen LogP contribution in [0.3, 0.4) is 0 Å². The first kappa shape index (κ1) is 16.2. The van der Waals surface area contributed by atoms with Gasteiger partial charge in [-0.15, -0.1) is 5.10 Å². The van der Waals surface area contributed by atoms with Crippen LogP contribution in [0.15, 0.2) is 28.7 Å². The summed E-state index contributed by atoms with van der Waals surface area (Å²) in [6, 6.07) is 7.50. The van der Waals surface area contributed by atoms with Crippen molar-refractivity contribution < 1.29 is 14.7 Å². The maximum absolute atomic E-state index is 12.0. The molecule has 0 aliphatic heterocycles. The van der Waals surface area contributed by atoms with Crippen molar-refractivity contribution in [1.29, 1.82) is 0 Å². The number of hydrogen-bond donors (Lipinski definition) is 2. The highest BCUT2D eigenvalue weighted by Crippen LogP contribution is 2.17.